The van der Waals surface area contributed by atoms with Crippen LogP contribution in [0.5, 0.6) is 0 Å². The molecule has 0 unspecified atom stereocenters. The minimum absolute atomic E-state index is 0.0936. The maximum Gasteiger partial charge on any atom is 0.227 e. The van der Waals surface area contributed by atoms with Crippen LogP contribution in [0, 0.1) is 11.3 Å². The molecule has 20 heavy (non-hydrogen) atoms. The summed E-state index contributed by atoms with van der Waals surface area (Å²) < 4.78 is 26.0. The number of rotatable bonds is 4. The number of benzene rings is 1. The van der Waals surface area contributed by atoms with E-state index in [1.165, 1.54) is 23.9 Å². The molecule has 0 fully saturated rings. The van der Waals surface area contributed by atoms with Crippen LogP contribution in [0.25, 0.3) is 0 Å². The van der Waals surface area contributed by atoms with Crippen molar-refractivity contribution < 1.29 is 13.5 Å². The number of hydrogen-bond acceptors (Lipinski definition) is 5. The summed E-state index contributed by atoms with van der Waals surface area (Å²) in [5, 5.41) is 17.8. The largest absolute Gasteiger partial charge is 0.390 e. The highest BCUT2D eigenvalue weighted by Crippen LogP contribution is 2.17. The summed E-state index contributed by atoms with van der Waals surface area (Å²) in [6, 6.07) is 8.40. The van der Waals surface area contributed by atoms with Crippen LogP contribution in [0.2, 0.25) is 0 Å². The molecule has 1 aromatic heterocycles. The zero-order valence-corrected chi connectivity index (χ0v) is 11.6. The van der Waals surface area contributed by atoms with Crippen LogP contribution in [0.1, 0.15) is 16.8 Å². The lowest BCUT2D eigenvalue weighted by molar-refractivity contribution is 0.271. The Balaban J connectivity index is 2.36. The van der Waals surface area contributed by atoms with Crippen LogP contribution in [0.3, 0.4) is 0 Å². The monoisotopic (exact) mass is 291 g/mol. The van der Waals surface area contributed by atoms with E-state index in [2.05, 4.69) is 4.98 Å². The second kappa shape index (κ2) is 5.45. The van der Waals surface area contributed by atoms with Crippen molar-refractivity contribution in [2.24, 2.45) is 7.05 Å². The van der Waals surface area contributed by atoms with E-state index < -0.39 is 9.84 Å². The lowest BCUT2D eigenvalue weighted by Gasteiger charge is -2.06. The molecule has 0 amide bonds. The van der Waals surface area contributed by atoms with Crippen LogP contribution in [-0.2, 0) is 29.2 Å². The van der Waals surface area contributed by atoms with Gasteiger partial charge in [0.2, 0.25) is 15.0 Å². The molecule has 1 N–H and O–H groups in total. The standard InChI is InChI=1S/C13H13N3O3S/c1-16-12(8-17)7-15-13(16)20(18,19)9-11-4-2-3-10(5-11)6-14/h2-5,7,17H,8-9H2,1H3. The molecule has 0 spiro atoms. The first kappa shape index (κ1) is 14.2. The molecule has 2 aromatic rings. The van der Waals surface area contributed by atoms with Gasteiger partial charge in [-0.25, -0.2) is 13.4 Å². The summed E-state index contributed by atoms with van der Waals surface area (Å²) in [6.45, 7) is -0.275. The number of aliphatic hydroxyl groups is 1. The van der Waals surface area contributed by atoms with Gasteiger partial charge in [-0.15, -0.1) is 0 Å². The summed E-state index contributed by atoms with van der Waals surface area (Å²) in [7, 11) is -2.09. The van der Waals surface area contributed by atoms with Crippen molar-refractivity contribution in [2.75, 3.05) is 0 Å². The molecule has 1 aromatic carbocycles. The van der Waals surface area contributed by atoms with Crippen molar-refractivity contribution >= 4 is 9.84 Å². The first-order chi connectivity index (χ1) is 9.47. The van der Waals surface area contributed by atoms with Crippen molar-refractivity contribution in [3.05, 3.63) is 47.3 Å². The van der Waals surface area contributed by atoms with Gasteiger partial charge in [0.1, 0.15) is 0 Å². The third-order valence-electron chi connectivity index (χ3n) is 2.89. The van der Waals surface area contributed by atoms with Gasteiger partial charge in [-0.3, -0.25) is 0 Å². The molecule has 2 rings (SSSR count). The second-order valence-electron chi connectivity index (χ2n) is 4.32. The first-order valence-electron chi connectivity index (χ1n) is 5.81. The molecule has 7 heteroatoms. The predicted molar refractivity (Wildman–Crippen MR) is 71.2 cm³/mol. The van der Waals surface area contributed by atoms with Crippen LogP contribution < -0.4 is 0 Å². The van der Waals surface area contributed by atoms with E-state index in [0.717, 1.165) is 0 Å². The molecule has 0 aliphatic heterocycles. The van der Waals surface area contributed by atoms with Gasteiger partial charge < -0.3 is 9.67 Å². The lowest BCUT2D eigenvalue weighted by atomic mass is 10.2. The van der Waals surface area contributed by atoms with Gasteiger partial charge in [0.25, 0.3) is 0 Å². The van der Waals surface area contributed by atoms with Gasteiger partial charge in [0.05, 0.1) is 35.9 Å². The number of nitrogens with zero attached hydrogens (tertiary/aromatic N) is 3. The Bertz CT molecular complexity index is 772. The Labute approximate surface area is 116 Å². The van der Waals surface area contributed by atoms with Crippen molar-refractivity contribution in [3.63, 3.8) is 0 Å². The van der Waals surface area contributed by atoms with E-state index in [4.69, 9.17) is 10.4 Å². The van der Waals surface area contributed by atoms with Crippen molar-refractivity contribution in [3.8, 4) is 6.07 Å². The van der Waals surface area contributed by atoms with E-state index in [1.54, 1.807) is 18.2 Å². The fourth-order valence-corrected chi connectivity index (χ4v) is 3.37. The third-order valence-corrected chi connectivity index (χ3v) is 4.54. The number of nitriles is 1. The average molecular weight is 291 g/mol. The fraction of sp³-hybridized carbons (Fsp3) is 0.231. The summed E-state index contributed by atoms with van der Waals surface area (Å²) in [4.78, 5) is 3.85. The minimum atomic E-state index is -3.63. The molecular weight excluding hydrogens is 278 g/mol. The molecule has 104 valence electrons. The first-order valence-corrected chi connectivity index (χ1v) is 7.46. The predicted octanol–water partition coefficient (Wildman–Crippen LogP) is 0.758. The molecule has 0 aliphatic rings. The summed E-state index contributed by atoms with van der Waals surface area (Å²) in [6.07, 6.45) is 1.33. The van der Waals surface area contributed by atoms with Crippen LogP contribution in [-0.4, -0.2) is 23.1 Å². The third kappa shape index (κ3) is 2.71. The van der Waals surface area contributed by atoms with Gasteiger partial charge >= 0.3 is 0 Å². The highest BCUT2D eigenvalue weighted by atomic mass is 32.2. The Hall–Kier alpha value is -2.17. The number of aliphatic hydroxyl groups excluding tert-OH is 1. The van der Waals surface area contributed by atoms with Crippen molar-refractivity contribution in [2.45, 2.75) is 17.5 Å². The van der Waals surface area contributed by atoms with Crippen molar-refractivity contribution in [1.82, 2.24) is 9.55 Å². The normalized spacial score (nSPS) is 11.2. The topological polar surface area (TPSA) is 96.0 Å². The van der Waals surface area contributed by atoms with Crippen LogP contribution in [0.15, 0.2) is 35.6 Å². The van der Waals surface area contributed by atoms with Gasteiger partial charge in [0, 0.05) is 7.05 Å². The molecule has 0 saturated heterocycles. The van der Waals surface area contributed by atoms with Gasteiger partial charge in [-0.2, -0.15) is 5.26 Å². The Morgan fingerprint density at radius 1 is 1.45 bits per heavy atom. The minimum Gasteiger partial charge on any atom is -0.390 e. The van der Waals surface area contributed by atoms with Gasteiger partial charge in [-0.1, -0.05) is 12.1 Å². The second-order valence-corrected chi connectivity index (χ2v) is 6.20. The van der Waals surface area contributed by atoms with E-state index in [0.29, 0.717) is 16.8 Å². The maximum atomic E-state index is 12.3. The van der Waals surface area contributed by atoms with E-state index >= 15 is 0 Å². The highest BCUT2D eigenvalue weighted by molar-refractivity contribution is 7.90. The lowest BCUT2D eigenvalue weighted by Crippen LogP contribution is -2.12. The molecule has 0 atom stereocenters. The molecule has 6 nitrogen and oxygen atoms in total. The van der Waals surface area contributed by atoms with Gasteiger partial charge in [0.15, 0.2) is 0 Å². The fourth-order valence-electron chi connectivity index (χ4n) is 1.88. The van der Waals surface area contributed by atoms with Gasteiger partial charge in [-0.05, 0) is 17.7 Å². The molecular formula is C13H13N3O3S. The zero-order chi connectivity index (χ0) is 14.8. The average Bonchev–Trinajstić information content (AvgIpc) is 2.80. The molecule has 0 saturated carbocycles. The molecule has 0 radical (unpaired) electrons. The van der Waals surface area contributed by atoms with Crippen molar-refractivity contribution in [1.29, 1.82) is 5.26 Å². The maximum absolute atomic E-state index is 12.3. The number of imidazole rings is 1. The molecule has 1 heterocycles. The number of aromatic nitrogens is 2. The van der Waals surface area contributed by atoms with E-state index in [1.807, 2.05) is 6.07 Å². The zero-order valence-electron chi connectivity index (χ0n) is 10.8. The SMILES string of the molecule is Cn1c(CO)cnc1S(=O)(=O)Cc1cccc(C#N)c1. The molecule has 0 aliphatic carbocycles. The summed E-state index contributed by atoms with van der Waals surface area (Å²) in [5.41, 5.74) is 1.36. The number of sulfone groups is 1. The highest BCUT2D eigenvalue weighted by Gasteiger charge is 2.22. The summed E-state index contributed by atoms with van der Waals surface area (Å²) in [5.74, 6) is -0.238. The Morgan fingerprint density at radius 2 is 2.20 bits per heavy atom. The van der Waals surface area contributed by atoms with E-state index in [9.17, 15) is 8.42 Å². The number of hydrogen-bond donors (Lipinski definition) is 1. The smallest absolute Gasteiger partial charge is 0.227 e. The van der Waals surface area contributed by atoms with Crippen LogP contribution in [0.4, 0.5) is 0 Å². The quantitative estimate of drug-likeness (QED) is 0.897. The molecule has 0 bridgehead atoms. The Kier molecular flexibility index (Phi) is 3.88. The Morgan fingerprint density at radius 3 is 2.80 bits per heavy atom. The summed E-state index contributed by atoms with van der Waals surface area (Å²) >= 11 is 0. The van der Waals surface area contributed by atoms with E-state index in [-0.39, 0.29) is 17.5 Å². The van der Waals surface area contributed by atoms with Crippen LogP contribution >= 0.6 is 0 Å².